The molecule has 1 aromatic heterocycles. The minimum absolute atomic E-state index is 0.0247. The summed E-state index contributed by atoms with van der Waals surface area (Å²) >= 11 is 0. The zero-order valence-electron chi connectivity index (χ0n) is 15.5. The molecule has 1 amide bonds. The van der Waals surface area contributed by atoms with Crippen LogP contribution in [0.15, 0.2) is 35.3 Å². The number of carbonyl (C=O) groups excluding carboxylic acids is 1. The zero-order valence-corrected chi connectivity index (χ0v) is 16.3. The van der Waals surface area contributed by atoms with E-state index in [4.69, 9.17) is 5.21 Å². The van der Waals surface area contributed by atoms with Gasteiger partial charge in [-0.25, -0.2) is 22.7 Å². The molecule has 152 valence electrons. The van der Waals surface area contributed by atoms with E-state index < -0.39 is 37.7 Å². The van der Waals surface area contributed by atoms with E-state index in [9.17, 15) is 26.8 Å². The molecule has 0 bridgehead atoms. The molecule has 2 aromatic rings. The van der Waals surface area contributed by atoms with Crippen molar-refractivity contribution in [3.8, 4) is 11.1 Å². The monoisotopic (exact) mass is 414 g/mol. The average Bonchev–Trinajstić information content (AvgIpc) is 2.62. The lowest BCUT2D eigenvalue weighted by Gasteiger charge is -2.25. The summed E-state index contributed by atoms with van der Waals surface area (Å²) in [6.45, 7) is 2.33. The van der Waals surface area contributed by atoms with Gasteiger partial charge in [-0.1, -0.05) is 6.07 Å². The van der Waals surface area contributed by atoms with Gasteiger partial charge < -0.3 is 4.57 Å². The number of aryl methyl sites for hydroxylation is 2. The lowest BCUT2D eigenvalue weighted by atomic mass is 10.0. The maximum atomic E-state index is 14.5. The van der Waals surface area contributed by atoms with Crippen molar-refractivity contribution in [3.63, 3.8) is 0 Å². The van der Waals surface area contributed by atoms with Crippen molar-refractivity contribution in [2.45, 2.75) is 31.6 Å². The van der Waals surface area contributed by atoms with Gasteiger partial charge in [-0.2, -0.15) is 0 Å². The molecular weight excluding hydrogens is 394 g/mol. The van der Waals surface area contributed by atoms with E-state index in [2.05, 4.69) is 0 Å². The second kappa shape index (κ2) is 7.80. The Morgan fingerprint density at radius 1 is 1.25 bits per heavy atom. The number of hydrogen-bond donors (Lipinski definition) is 2. The number of amides is 1. The molecule has 28 heavy (non-hydrogen) atoms. The van der Waals surface area contributed by atoms with Gasteiger partial charge in [0.2, 0.25) is 0 Å². The molecule has 1 heterocycles. The van der Waals surface area contributed by atoms with Gasteiger partial charge in [0.15, 0.2) is 14.6 Å². The highest BCUT2D eigenvalue weighted by molar-refractivity contribution is 7.92. The third-order valence-electron chi connectivity index (χ3n) is 4.78. The summed E-state index contributed by atoms with van der Waals surface area (Å²) in [5, 5.41) is 8.81. The van der Waals surface area contributed by atoms with Crippen LogP contribution in [0, 0.1) is 18.6 Å². The van der Waals surface area contributed by atoms with Crippen molar-refractivity contribution in [2.24, 2.45) is 0 Å². The fourth-order valence-corrected chi connectivity index (χ4v) is 3.52. The number of halogens is 2. The molecule has 2 rings (SSSR count). The number of sulfone groups is 1. The number of nitrogens with one attached hydrogen (secondary N) is 1. The van der Waals surface area contributed by atoms with E-state index >= 15 is 0 Å². The fourth-order valence-electron chi connectivity index (χ4n) is 2.67. The molecule has 0 fully saturated rings. The van der Waals surface area contributed by atoms with Gasteiger partial charge in [-0.3, -0.25) is 14.8 Å². The lowest BCUT2D eigenvalue weighted by Crippen LogP contribution is -2.50. The quantitative estimate of drug-likeness (QED) is 0.554. The fraction of sp³-hybridized carbons (Fsp3) is 0.333. The number of benzene rings is 1. The first-order valence-corrected chi connectivity index (χ1v) is 10.1. The summed E-state index contributed by atoms with van der Waals surface area (Å²) in [5.41, 5.74) is 1.27. The van der Waals surface area contributed by atoms with Crippen LogP contribution in [0.4, 0.5) is 8.78 Å². The largest absolute Gasteiger partial charge is 0.312 e. The van der Waals surface area contributed by atoms with E-state index in [1.54, 1.807) is 0 Å². The first kappa shape index (κ1) is 21.7. The first-order valence-electron chi connectivity index (χ1n) is 8.21. The molecule has 0 spiro atoms. The van der Waals surface area contributed by atoms with Crippen LogP contribution in [0.25, 0.3) is 11.1 Å². The summed E-state index contributed by atoms with van der Waals surface area (Å²) in [4.78, 5) is 24.2. The third kappa shape index (κ3) is 4.12. The van der Waals surface area contributed by atoms with E-state index in [0.29, 0.717) is 11.1 Å². The van der Waals surface area contributed by atoms with Crippen LogP contribution in [0.1, 0.15) is 18.9 Å². The Balaban J connectivity index is 2.38. The molecule has 0 aliphatic rings. The number of carbonyl (C=O) groups is 1. The highest BCUT2D eigenvalue weighted by Crippen LogP contribution is 2.25. The molecule has 0 aliphatic heterocycles. The van der Waals surface area contributed by atoms with Crippen LogP contribution >= 0.6 is 0 Å². The summed E-state index contributed by atoms with van der Waals surface area (Å²) in [6, 6.07) is 4.94. The van der Waals surface area contributed by atoms with Gasteiger partial charge >= 0.3 is 0 Å². The van der Waals surface area contributed by atoms with E-state index in [0.717, 1.165) is 30.0 Å². The van der Waals surface area contributed by atoms with Gasteiger partial charge in [0, 0.05) is 30.6 Å². The minimum atomic E-state index is -3.95. The number of aromatic nitrogens is 1. The normalized spacial score (nSPS) is 13.8. The van der Waals surface area contributed by atoms with Gasteiger partial charge in [0.05, 0.1) is 0 Å². The Hall–Kier alpha value is -2.59. The van der Waals surface area contributed by atoms with E-state index in [-0.39, 0.29) is 18.5 Å². The highest BCUT2D eigenvalue weighted by Gasteiger charge is 2.43. The Kier molecular flexibility index (Phi) is 6.05. The molecule has 0 saturated carbocycles. The standard InChI is InChI=1S/C18H20F2N2O5S/c1-11-8-12(4-5-14(11)19)13-9-16(23)22(10-15(13)20)7-6-18(2,17(24)21-25)28(3,26)27/h4-5,8-10,25H,6-7H2,1-3H3,(H,21,24). The van der Waals surface area contributed by atoms with Crippen molar-refractivity contribution in [2.75, 3.05) is 6.26 Å². The van der Waals surface area contributed by atoms with Gasteiger partial charge in [0.25, 0.3) is 11.5 Å². The number of hydroxylamine groups is 1. The SMILES string of the molecule is Cc1cc(-c2cc(=O)n(CCC(C)(C(=O)NO)S(C)(=O)=O)cc2F)ccc1F. The number of hydrogen-bond acceptors (Lipinski definition) is 5. The molecule has 0 saturated heterocycles. The van der Waals surface area contributed by atoms with Crippen LogP contribution in [0.2, 0.25) is 0 Å². The number of rotatable bonds is 6. The van der Waals surface area contributed by atoms with Crippen LogP contribution in [-0.4, -0.2) is 35.1 Å². The molecule has 1 aromatic carbocycles. The first-order chi connectivity index (χ1) is 12.9. The van der Waals surface area contributed by atoms with Crippen molar-refractivity contribution in [3.05, 3.63) is 58.0 Å². The van der Waals surface area contributed by atoms with Crippen molar-refractivity contribution in [1.82, 2.24) is 10.0 Å². The second-order valence-electron chi connectivity index (χ2n) is 6.72. The second-order valence-corrected chi connectivity index (χ2v) is 9.17. The average molecular weight is 414 g/mol. The molecule has 0 radical (unpaired) electrons. The topological polar surface area (TPSA) is 105 Å². The predicted octanol–water partition coefficient (Wildman–Crippen LogP) is 1.80. The number of nitrogens with zero attached hydrogens (tertiary/aromatic N) is 1. The van der Waals surface area contributed by atoms with E-state index in [1.807, 2.05) is 0 Å². The van der Waals surface area contributed by atoms with Crippen molar-refractivity contribution in [1.29, 1.82) is 0 Å². The summed E-state index contributed by atoms with van der Waals surface area (Å²) in [5.74, 6) is -2.38. The van der Waals surface area contributed by atoms with Crippen LogP contribution in [0.3, 0.4) is 0 Å². The maximum absolute atomic E-state index is 14.5. The summed E-state index contributed by atoms with van der Waals surface area (Å²) in [6.07, 6.45) is 1.36. The van der Waals surface area contributed by atoms with Crippen LogP contribution in [0.5, 0.6) is 0 Å². The summed E-state index contributed by atoms with van der Waals surface area (Å²) in [7, 11) is -3.95. The van der Waals surface area contributed by atoms with Gasteiger partial charge in [-0.05, 0) is 43.5 Å². The maximum Gasteiger partial charge on any atom is 0.264 e. The number of pyridine rings is 1. The highest BCUT2D eigenvalue weighted by atomic mass is 32.2. The van der Waals surface area contributed by atoms with Crippen molar-refractivity contribution >= 4 is 15.7 Å². The molecule has 1 unspecified atom stereocenters. The van der Waals surface area contributed by atoms with Crippen LogP contribution < -0.4 is 11.0 Å². The molecule has 2 N–H and O–H groups in total. The molecule has 10 heteroatoms. The smallest absolute Gasteiger partial charge is 0.264 e. The summed E-state index contributed by atoms with van der Waals surface area (Å²) < 4.78 is 50.8. The zero-order chi connectivity index (χ0) is 21.3. The molecule has 0 aliphatic carbocycles. The lowest BCUT2D eigenvalue weighted by molar-refractivity contribution is -0.131. The molecule has 1 atom stereocenters. The van der Waals surface area contributed by atoms with Crippen molar-refractivity contribution < 1.29 is 27.2 Å². The molecule has 7 nitrogen and oxygen atoms in total. The predicted molar refractivity (Wildman–Crippen MR) is 98.6 cm³/mol. The van der Waals surface area contributed by atoms with Gasteiger partial charge in [0.1, 0.15) is 11.6 Å². The van der Waals surface area contributed by atoms with Gasteiger partial charge in [-0.15, -0.1) is 0 Å². The Bertz CT molecular complexity index is 1080. The Morgan fingerprint density at radius 2 is 1.89 bits per heavy atom. The Labute approximate surface area is 160 Å². The Morgan fingerprint density at radius 3 is 2.43 bits per heavy atom. The third-order valence-corrected chi connectivity index (χ3v) is 6.80. The minimum Gasteiger partial charge on any atom is -0.312 e. The molecular formula is C18H20F2N2O5S. The van der Waals surface area contributed by atoms with Crippen LogP contribution in [-0.2, 0) is 21.2 Å². The van der Waals surface area contributed by atoms with E-state index in [1.165, 1.54) is 30.6 Å².